The fraction of sp³-hybridized carbons (Fsp3) is 0.158. The lowest BCUT2D eigenvalue weighted by Crippen LogP contribution is -2.03. The molecule has 3 aromatic rings. The van der Waals surface area contributed by atoms with Crippen LogP contribution in [0.2, 0.25) is 0 Å². The number of carbonyl (C=O) groups excluding carboxylic acids is 1. The van der Waals surface area contributed by atoms with Crippen LogP contribution in [0, 0.1) is 0 Å². The zero-order valence-corrected chi connectivity index (χ0v) is 12.0. The van der Waals surface area contributed by atoms with Crippen molar-refractivity contribution in [2.75, 3.05) is 0 Å². The molecule has 0 amide bonds. The van der Waals surface area contributed by atoms with Crippen molar-refractivity contribution in [3.05, 3.63) is 77.6 Å². The summed E-state index contributed by atoms with van der Waals surface area (Å²) in [5.41, 5.74) is 2.65. The lowest BCUT2D eigenvalue weighted by Gasteiger charge is -2.06. The lowest BCUT2D eigenvalue weighted by molar-refractivity contribution is 0.104. The number of fused-ring (bicyclic) bond motifs is 1. The van der Waals surface area contributed by atoms with Gasteiger partial charge in [0, 0.05) is 28.9 Å². The molecule has 2 aromatic carbocycles. The van der Waals surface area contributed by atoms with E-state index in [2.05, 4.69) is 11.9 Å². The summed E-state index contributed by atoms with van der Waals surface area (Å²) < 4.78 is 0. The predicted octanol–water partition coefficient (Wildman–Crippen LogP) is 4.42. The predicted molar refractivity (Wildman–Crippen MR) is 85.6 cm³/mol. The highest BCUT2D eigenvalue weighted by molar-refractivity contribution is 6.16. The van der Waals surface area contributed by atoms with Crippen molar-refractivity contribution >= 4 is 16.6 Å². The summed E-state index contributed by atoms with van der Waals surface area (Å²) in [5.74, 6) is 0.0300. The van der Waals surface area contributed by atoms with Crippen molar-refractivity contribution in [1.29, 1.82) is 0 Å². The Morgan fingerprint density at radius 1 is 1.00 bits per heavy atom. The van der Waals surface area contributed by atoms with E-state index in [1.165, 1.54) is 5.56 Å². The molecule has 21 heavy (non-hydrogen) atoms. The maximum absolute atomic E-state index is 12.7. The Hall–Kier alpha value is -2.48. The molecule has 0 aliphatic rings. The molecule has 0 N–H and O–H groups in total. The van der Waals surface area contributed by atoms with Gasteiger partial charge in [-0.3, -0.25) is 9.78 Å². The summed E-state index contributed by atoms with van der Waals surface area (Å²) in [5, 5.41) is 1.95. The van der Waals surface area contributed by atoms with Crippen LogP contribution >= 0.6 is 0 Å². The maximum Gasteiger partial charge on any atom is 0.195 e. The molecule has 0 bridgehead atoms. The number of benzene rings is 2. The van der Waals surface area contributed by atoms with Gasteiger partial charge in [0.15, 0.2) is 5.78 Å². The molecule has 104 valence electrons. The average Bonchev–Trinajstić information content (AvgIpc) is 2.55. The molecular weight excluding hydrogens is 258 g/mol. The van der Waals surface area contributed by atoms with Gasteiger partial charge in [0.1, 0.15) is 0 Å². The standard InChI is InChI=1S/C19H17NO/c1-2-5-14-8-10-15(11-9-14)19(21)18-13-20-12-16-6-3-4-7-17(16)18/h3-4,6-13H,2,5H2,1H3. The Morgan fingerprint density at radius 2 is 1.76 bits per heavy atom. The molecule has 3 rings (SSSR count). The molecule has 2 heteroatoms. The third kappa shape index (κ3) is 2.70. The summed E-state index contributed by atoms with van der Waals surface area (Å²) in [4.78, 5) is 16.9. The van der Waals surface area contributed by atoms with Gasteiger partial charge in [0.25, 0.3) is 0 Å². The van der Waals surface area contributed by atoms with Crippen LogP contribution in [0.1, 0.15) is 34.8 Å². The van der Waals surface area contributed by atoms with Gasteiger partial charge in [-0.2, -0.15) is 0 Å². The SMILES string of the molecule is CCCc1ccc(C(=O)c2cncc3ccccc23)cc1. The minimum atomic E-state index is 0.0300. The monoisotopic (exact) mass is 275 g/mol. The Morgan fingerprint density at radius 3 is 2.52 bits per heavy atom. The van der Waals surface area contributed by atoms with E-state index in [1.54, 1.807) is 12.4 Å². The van der Waals surface area contributed by atoms with Gasteiger partial charge < -0.3 is 0 Å². The minimum absolute atomic E-state index is 0.0300. The van der Waals surface area contributed by atoms with Gasteiger partial charge in [-0.25, -0.2) is 0 Å². The van der Waals surface area contributed by atoms with Crippen molar-refractivity contribution in [3.8, 4) is 0 Å². The fourth-order valence-corrected chi connectivity index (χ4v) is 2.56. The van der Waals surface area contributed by atoms with Crippen LogP contribution in [0.3, 0.4) is 0 Å². The number of aromatic nitrogens is 1. The summed E-state index contributed by atoms with van der Waals surface area (Å²) in [6.45, 7) is 2.15. The van der Waals surface area contributed by atoms with E-state index in [9.17, 15) is 4.79 Å². The van der Waals surface area contributed by atoms with Crippen LogP contribution in [0.15, 0.2) is 60.9 Å². The van der Waals surface area contributed by atoms with Gasteiger partial charge in [0.2, 0.25) is 0 Å². The molecular formula is C19H17NO. The smallest absolute Gasteiger partial charge is 0.195 e. The number of ketones is 1. The normalized spacial score (nSPS) is 10.7. The summed E-state index contributed by atoms with van der Waals surface area (Å²) in [6.07, 6.45) is 5.60. The Kier molecular flexibility index (Phi) is 3.78. The Bertz CT molecular complexity index is 770. The van der Waals surface area contributed by atoms with E-state index in [0.29, 0.717) is 11.1 Å². The van der Waals surface area contributed by atoms with Crippen molar-refractivity contribution in [2.24, 2.45) is 0 Å². The third-order valence-corrected chi connectivity index (χ3v) is 3.67. The third-order valence-electron chi connectivity index (χ3n) is 3.67. The van der Waals surface area contributed by atoms with E-state index in [0.717, 1.165) is 23.6 Å². The highest BCUT2D eigenvalue weighted by Gasteiger charge is 2.12. The highest BCUT2D eigenvalue weighted by Crippen LogP contribution is 2.20. The van der Waals surface area contributed by atoms with Crippen molar-refractivity contribution in [3.63, 3.8) is 0 Å². The Balaban J connectivity index is 2.00. The van der Waals surface area contributed by atoms with Crippen molar-refractivity contribution < 1.29 is 4.79 Å². The number of hydrogen-bond donors (Lipinski definition) is 0. The molecule has 1 heterocycles. The number of hydrogen-bond acceptors (Lipinski definition) is 2. The van der Waals surface area contributed by atoms with E-state index >= 15 is 0 Å². The average molecular weight is 275 g/mol. The lowest BCUT2D eigenvalue weighted by atomic mass is 9.98. The molecule has 1 aromatic heterocycles. The zero-order chi connectivity index (χ0) is 14.7. The quantitative estimate of drug-likeness (QED) is 0.660. The van der Waals surface area contributed by atoms with Gasteiger partial charge in [-0.15, -0.1) is 0 Å². The van der Waals surface area contributed by atoms with Crippen LogP contribution in [0.5, 0.6) is 0 Å². The Labute approximate surface area is 124 Å². The second-order valence-corrected chi connectivity index (χ2v) is 5.18. The van der Waals surface area contributed by atoms with Crippen molar-refractivity contribution in [1.82, 2.24) is 4.98 Å². The van der Waals surface area contributed by atoms with Crippen LogP contribution in [-0.4, -0.2) is 10.8 Å². The van der Waals surface area contributed by atoms with Gasteiger partial charge in [-0.05, 0) is 17.4 Å². The van der Waals surface area contributed by atoms with Crippen LogP contribution < -0.4 is 0 Å². The number of carbonyl (C=O) groups is 1. The first kappa shape index (κ1) is 13.5. The van der Waals surface area contributed by atoms with Crippen molar-refractivity contribution in [2.45, 2.75) is 19.8 Å². The maximum atomic E-state index is 12.7. The molecule has 0 saturated carbocycles. The summed E-state index contributed by atoms with van der Waals surface area (Å²) >= 11 is 0. The first-order valence-corrected chi connectivity index (χ1v) is 7.26. The van der Waals surface area contributed by atoms with Crippen LogP contribution in [-0.2, 0) is 6.42 Å². The molecule has 0 saturated heterocycles. The second-order valence-electron chi connectivity index (χ2n) is 5.18. The summed E-state index contributed by atoms with van der Waals surface area (Å²) in [6, 6.07) is 15.7. The van der Waals surface area contributed by atoms with Gasteiger partial charge in [0.05, 0.1) is 0 Å². The topological polar surface area (TPSA) is 30.0 Å². The van der Waals surface area contributed by atoms with Gasteiger partial charge >= 0.3 is 0 Å². The summed E-state index contributed by atoms with van der Waals surface area (Å²) in [7, 11) is 0. The molecule has 0 atom stereocenters. The van der Waals surface area contributed by atoms with E-state index < -0.39 is 0 Å². The molecule has 0 radical (unpaired) electrons. The number of nitrogens with zero attached hydrogens (tertiary/aromatic N) is 1. The second kappa shape index (κ2) is 5.88. The zero-order valence-electron chi connectivity index (χ0n) is 12.0. The molecule has 0 aliphatic heterocycles. The molecule has 2 nitrogen and oxygen atoms in total. The molecule has 0 unspecified atom stereocenters. The van der Waals surface area contributed by atoms with E-state index in [1.807, 2.05) is 48.5 Å². The highest BCUT2D eigenvalue weighted by atomic mass is 16.1. The largest absolute Gasteiger partial charge is 0.289 e. The van der Waals surface area contributed by atoms with Crippen LogP contribution in [0.4, 0.5) is 0 Å². The number of pyridine rings is 1. The minimum Gasteiger partial charge on any atom is -0.289 e. The first-order valence-electron chi connectivity index (χ1n) is 7.26. The van der Waals surface area contributed by atoms with E-state index in [-0.39, 0.29) is 5.78 Å². The molecule has 0 fully saturated rings. The number of aryl methyl sites for hydroxylation is 1. The van der Waals surface area contributed by atoms with Gasteiger partial charge in [-0.1, -0.05) is 61.9 Å². The first-order chi connectivity index (χ1) is 10.3. The molecule has 0 spiro atoms. The number of rotatable bonds is 4. The van der Waals surface area contributed by atoms with Crippen LogP contribution in [0.25, 0.3) is 10.8 Å². The fourth-order valence-electron chi connectivity index (χ4n) is 2.56. The van der Waals surface area contributed by atoms with E-state index in [4.69, 9.17) is 0 Å². The molecule has 0 aliphatic carbocycles.